The fourth-order valence-electron chi connectivity index (χ4n) is 2.72. The average Bonchev–Trinajstić information content (AvgIpc) is 2.36. The molecule has 1 fully saturated rings. The number of piperidine rings is 1. The fourth-order valence-corrected chi connectivity index (χ4v) is 3.46. The van der Waals surface area contributed by atoms with E-state index in [4.69, 9.17) is 5.11 Å². The van der Waals surface area contributed by atoms with E-state index in [0.717, 1.165) is 36.8 Å². The topological polar surface area (TPSA) is 40.5 Å². The summed E-state index contributed by atoms with van der Waals surface area (Å²) in [7, 11) is 0. The average molecular weight is 326 g/mol. The van der Waals surface area contributed by atoms with Crippen molar-refractivity contribution in [2.75, 3.05) is 18.0 Å². The lowest BCUT2D eigenvalue weighted by atomic mass is 9.93. The van der Waals surface area contributed by atoms with Crippen LogP contribution < -0.4 is 4.90 Å². The van der Waals surface area contributed by atoms with Crippen LogP contribution in [-0.4, -0.2) is 24.2 Å². The minimum atomic E-state index is -0.686. The first-order chi connectivity index (χ1) is 9.06. The minimum Gasteiger partial charge on any atom is -0.481 e. The summed E-state index contributed by atoms with van der Waals surface area (Å²) < 4.78 is 1.13. The molecule has 1 heterocycles. The molecule has 1 atom stereocenters. The Kier molecular flexibility index (Phi) is 4.86. The van der Waals surface area contributed by atoms with Gasteiger partial charge in [0.2, 0.25) is 0 Å². The number of carboxylic acid groups (broad SMARTS) is 1. The fraction of sp³-hybridized carbons (Fsp3) is 0.533. The minimum absolute atomic E-state index is 0.285. The molecule has 1 saturated heterocycles. The lowest BCUT2D eigenvalue weighted by Crippen LogP contribution is -2.35. The van der Waals surface area contributed by atoms with Crippen molar-refractivity contribution in [1.29, 1.82) is 0 Å². The summed E-state index contributed by atoms with van der Waals surface area (Å²) in [6.07, 6.45) is 3.36. The van der Waals surface area contributed by atoms with Crippen LogP contribution in [0, 0.1) is 12.8 Å². The van der Waals surface area contributed by atoms with Gasteiger partial charge in [-0.2, -0.15) is 0 Å². The van der Waals surface area contributed by atoms with E-state index >= 15 is 0 Å². The quantitative estimate of drug-likeness (QED) is 0.914. The number of aryl methyl sites for hydroxylation is 1. The third-order valence-electron chi connectivity index (χ3n) is 3.73. The molecule has 4 heteroatoms. The van der Waals surface area contributed by atoms with Crippen molar-refractivity contribution in [2.45, 2.75) is 32.6 Å². The highest BCUT2D eigenvalue weighted by Crippen LogP contribution is 2.31. The Morgan fingerprint density at radius 2 is 2.32 bits per heavy atom. The molecule has 0 aliphatic carbocycles. The van der Waals surface area contributed by atoms with Gasteiger partial charge in [-0.3, -0.25) is 4.79 Å². The summed E-state index contributed by atoms with van der Waals surface area (Å²) in [5.74, 6) is -0.188. The largest absolute Gasteiger partial charge is 0.481 e. The van der Waals surface area contributed by atoms with E-state index in [1.807, 2.05) is 0 Å². The molecule has 1 N–H and O–H groups in total. The molecule has 3 nitrogen and oxygen atoms in total. The third kappa shape index (κ3) is 3.96. The van der Waals surface area contributed by atoms with Gasteiger partial charge < -0.3 is 10.0 Å². The van der Waals surface area contributed by atoms with E-state index in [1.54, 1.807) is 0 Å². The molecule has 104 valence electrons. The molecule has 1 aliphatic rings. The van der Waals surface area contributed by atoms with Crippen molar-refractivity contribution in [3.8, 4) is 0 Å². The maximum absolute atomic E-state index is 10.7. The lowest BCUT2D eigenvalue weighted by molar-refractivity contribution is -0.137. The van der Waals surface area contributed by atoms with Crippen LogP contribution in [0.5, 0.6) is 0 Å². The first-order valence-corrected chi connectivity index (χ1v) is 7.58. The number of carbonyl (C=O) groups is 1. The molecule has 0 spiro atoms. The van der Waals surface area contributed by atoms with E-state index in [0.29, 0.717) is 5.92 Å². The molecule has 0 saturated carbocycles. The van der Waals surface area contributed by atoms with E-state index in [2.05, 4.69) is 46.0 Å². The highest BCUT2D eigenvalue weighted by atomic mass is 79.9. The van der Waals surface area contributed by atoms with Crippen LogP contribution in [0.3, 0.4) is 0 Å². The van der Waals surface area contributed by atoms with Crippen LogP contribution in [0.1, 0.15) is 31.2 Å². The van der Waals surface area contributed by atoms with Crippen LogP contribution in [0.4, 0.5) is 5.69 Å². The lowest BCUT2D eigenvalue weighted by Gasteiger charge is -2.35. The second kappa shape index (κ2) is 6.42. The third-order valence-corrected chi connectivity index (χ3v) is 4.36. The Labute approximate surface area is 122 Å². The second-order valence-corrected chi connectivity index (χ2v) is 6.20. The van der Waals surface area contributed by atoms with Crippen LogP contribution in [0.25, 0.3) is 0 Å². The number of benzene rings is 1. The van der Waals surface area contributed by atoms with Gasteiger partial charge >= 0.3 is 5.97 Å². The molecule has 0 aromatic heterocycles. The van der Waals surface area contributed by atoms with Gasteiger partial charge in [-0.1, -0.05) is 6.07 Å². The molecule has 1 unspecified atom stereocenters. The van der Waals surface area contributed by atoms with Crippen molar-refractivity contribution < 1.29 is 9.90 Å². The monoisotopic (exact) mass is 325 g/mol. The van der Waals surface area contributed by atoms with Crippen LogP contribution in [-0.2, 0) is 4.79 Å². The normalized spacial score (nSPS) is 19.5. The number of hydrogen-bond donors (Lipinski definition) is 1. The van der Waals surface area contributed by atoms with Crippen molar-refractivity contribution in [1.82, 2.24) is 0 Å². The number of rotatable bonds is 4. The predicted octanol–water partition coefficient (Wildman–Crippen LogP) is 3.84. The van der Waals surface area contributed by atoms with Gasteiger partial charge in [-0.15, -0.1) is 0 Å². The van der Waals surface area contributed by atoms with Crippen LogP contribution >= 0.6 is 15.9 Å². The molecule has 2 rings (SSSR count). The smallest absolute Gasteiger partial charge is 0.303 e. The number of carboxylic acids is 1. The van der Waals surface area contributed by atoms with Crippen molar-refractivity contribution in [3.63, 3.8) is 0 Å². The van der Waals surface area contributed by atoms with Gasteiger partial charge in [0, 0.05) is 24.0 Å². The first kappa shape index (κ1) is 14.4. The van der Waals surface area contributed by atoms with E-state index in [-0.39, 0.29) is 6.42 Å². The molecular formula is C15H20BrNO2. The standard InChI is InChI=1S/C15H20BrNO2/c1-11-4-6-14(13(16)9-11)17-8-2-3-12(10-17)5-7-15(18)19/h4,6,9,12H,2-3,5,7-8,10H2,1H3,(H,18,19). The van der Waals surface area contributed by atoms with E-state index in [9.17, 15) is 4.79 Å². The van der Waals surface area contributed by atoms with Crippen molar-refractivity contribution >= 4 is 27.6 Å². The number of hydrogen-bond acceptors (Lipinski definition) is 2. The molecule has 1 aromatic rings. The highest BCUT2D eigenvalue weighted by molar-refractivity contribution is 9.10. The Morgan fingerprint density at radius 3 is 3.00 bits per heavy atom. The number of aliphatic carboxylic acids is 1. The van der Waals surface area contributed by atoms with Crippen molar-refractivity contribution in [3.05, 3.63) is 28.2 Å². The predicted molar refractivity (Wildman–Crippen MR) is 80.7 cm³/mol. The van der Waals surface area contributed by atoms with Gasteiger partial charge in [0.25, 0.3) is 0 Å². The Balaban J connectivity index is 2.02. The Bertz CT molecular complexity index is 461. The van der Waals surface area contributed by atoms with Crippen LogP contribution in [0.15, 0.2) is 22.7 Å². The maximum atomic E-state index is 10.7. The van der Waals surface area contributed by atoms with Gasteiger partial charge in [0.1, 0.15) is 0 Å². The molecule has 0 bridgehead atoms. The first-order valence-electron chi connectivity index (χ1n) is 6.79. The summed E-state index contributed by atoms with van der Waals surface area (Å²) in [5.41, 5.74) is 2.47. The SMILES string of the molecule is Cc1ccc(N2CCCC(CCC(=O)O)C2)c(Br)c1. The second-order valence-electron chi connectivity index (χ2n) is 5.34. The van der Waals surface area contributed by atoms with Gasteiger partial charge in [-0.05, 0) is 65.7 Å². The molecule has 1 aromatic carbocycles. The Morgan fingerprint density at radius 1 is 1.53 bits per heavy atom. The zero-order valence-corrected chi connectivity index (χ0v) is 12.8. The number of nitrogens with zero attached hydrogens (tertiary/aromatic N) is 1. The number of anilines is 1. The summed E-state index contributed by atoms with van der Waals surface area (Å²) in [5, 5.41) is 8.78. The van der Waals surface area contributed by atoms with E-state index in [1.165, 1.54) is 11.3 Å². The summed E-state index contributed by atoms with van der Waals surface area (Å²) >= 11 is 3.63. The highest BCUT2D eigenvalue weighted by Gasteiger charge is 2.21. The zero-order chi connectivity index (χ0) is 13.8. The summed E-state index contributed by atoms with van der Waals surface area (Å²) in [4.78, 5) is 13.0. The molecule has 0 radical (unpaired) electrons. The van der Waals surface area contributed by atoms with Gasteiger partial charge in [0.15, 0.2) is 0 Å². The maximum Gasteiger partial charge on any atom is 0.303 e. The van der Waals surface area contributed by atoms with E-state index < -0.39 is 5.97 Å². The summed E-state index contributed by atoms with van der Waals surface area (Å²) in [6, 6.07) is 6.41. The molecular weight excluding hydrogens is 306 g/mol. The Hall–Kier alpha value is -1.03. The number of halogens is 1. The van der Waals surface area contributed by atoms with Crippen LogP contribution in [0.2, 0.25) is 0 Å². The molecule has 19 heavy (non-hydrogen) atoms. The zero-order valence-electron chi connectivity index (χ0n) is 11.2. The molecule has 0 amide bonds. The van der Waals surface area contributed by atoms with Gasteiger partial charge in [-0.25, -0.2) is 0 Å². The van der Waals surface area contributed by atoms with Gasteiger partial charge in [0.05, 0.1) is 5.69 Å². The molecule has 1 aliphatic heterocycles. The summed E-state index contributed by atoms with van der Waals surface area (Å²) in [6.45, 7) is 4.11. The van der Waals surface area contributed by atoms with Crippen molar-refractivity contribution in [2.24, 2.45) is 5.92 Å².